The van der Waals surface area contributed by atoms with E-state index >= 15 is 0 Å². The van der Waals surface area contributed by atoms with Crippen LogP contribution < -0.4 is 10.6 Å². The number of benzene rings is 1. The Kier molecular flexibility index (Phi) is 3.89. The van der Waals surface area contributed by atoms with E-state index in [1.54, 1.807) is 13.1 Å². The van der Waals surface area contributed by atoms with E-state index in [1.165, 1.54) is 17.5 Å². The fourth-order valence-corrected chi connectivity index (χ4v) is 4.82. The van der Waals surface area contributed by atoms with E-state index in [0.717, 1.165) is 16.8 Å². The van der Waals surface area contributed by atoms with Crippen LogP contribution in [-0.2, 0) is 15.8 Å². The summed E-state index contributed by atoms with van der Waals surface area (Å²) in [5.41, 5.74) is 7.36. The van der Waals surface area contributed by atoms with E-state index in [-0.39, 0.29) is 11.4 Å². The maximum absolute atomic E-state index is 11.2. The molecule has 2 aromatic heterocycles. The molecule has 3 aromatic rings. The summed E-state index contributed by atoms with van der Waals surface area (Å²) in [6.07, 6.45) is 3.20. The van der Waals surface area contributed by atoms with Gasteiger partial charge in [-0.25, -0.2) is 9.97 Å². The lowest BCUT2D eigenvalue weighted by Gasteiger charge is -2.38. The molecule has 1 saturated heterocycles. The molecule has 2 aliphatic heterocycles. The minimum Gasteiger partial charge on any atom is -0.379 e. The number of aromatic nitrogens is 3. The van der Waals surface area contributed by atoms with Crippen molar-refractivity contribution < 1.29 is 9.84 Å². The zero-order chi connectivity index (χ0) is 19.5. The minimum absolute atomic E-state index is 0.107. The molecule has 3 N–H and O–H groups in total. The zero-order valence-corrected chi connectivity index (χ0v) is 16.7. The summed E-state index contributed by atoms with van der Waals surface area (Å²) in [5.74, 6) is 0.725. The Morgan fingerprint density at radius 1 is 1.36 bits per heavy atom. The SMILES string of the molecule is C[C@@](O)(c1ccc2c(c1)N(c1nc(N)ncc1Cl)CC21COC1)c1nccs1. The number of hydrogen-bond donors (Lipinski definition) is 2. The number of halogens is 1. The number of nitrogens with two attached hydrogens (primary N) is 1. The van der Waals surface area contributed by atoms with E-state index in [4.69, 9.17) is 22.1 Å². The first-order chi connectivity index (χ1) is 13.4. The second kappa shape index (κ2) is 6.12. The third-order valence-corrected chi connectivity index (χ3v) is 6.74. The van der Waals surface area contributed by atoms with Gasteiger partial charge in [0.15, 0.2) is 5.82 Å². The lowest BCUT2D eigenvalue weighted by atomic mass is 9.80. The predicted octanol–water partition coefficient (Wildman–Crippen LogP) is 2.84. The molecule has 28 heavy (non-hydrogen) atoms. The molecule has 5 rings (SSSR count). The Balaban J connectivity index is 1.66. The standard InChI is InChI=1S/C19H18ClN5O2S/c1-18(26,16-22-4-5-28-16)11-2-3-12-14(6-11)25(8-19(12)9-27-10-19)15-13(20)7-23-17(21)24-15/h2-7,26H,8-10H2,1H3,(H2,21,23,24)/t18-/m1/s1. The summed E-state index contributed by atoms with van der Waals surface area (Å²) < 4.78 is 5.54. The van der Waals surface area contributed by atoms with Gasteiger partial charge in [-0.3, -0.25) is 0 Å². The van der Waals surface area contributed by atoms with Crippen molar-refractivity contribution in [2.24, 2.45) is 0 Å². The number of aliphatic hydroxyl groups is 1. The Morgan fingerprint density at radius 3 is 2.86 bits per heavy atom. The Labute approximate surface area is 170 Å². The van der Waals surface area contributed by atoms with Gasteiger partial charge in [0.25, 0.3) is 0 Å². The number of thiazole rings is 1. The average Bonchev–Trinajstić information content (AvgIpc) is 3.29. The van der Waals surface area contributed by atoms with Crippen LogP contribution in [0.1, 0.15) is 23.1 Å². The fraction of sp³-hybridized carbons (Fsp3) is 0.316. The highest BCUT2D eigenvalue weighted by atomic mass is 35.5. The van der Waals surface area contributed by atoms with Gasteiger partial charge in [0.2, 0.25) is 5.95 Å². The highest BCUT2D eigenvalue weighted by Crippen LogP contribution is 2.50. The molecule has 0 unspecified atom stereocenters. The first-order valence-corrected chi connectivity index (χ1v) is 10.1. The van der Waals surface area contributed by atoms with Crippen molar-refractivity contribution in [1.29, 1.82) is 0 Å². The first-order valence-electron chi connectivity index (χ1n) is 8.81. The van der Waals surface area contributed by atoms with Crippen molar-refractivity contribution in [2.75, 3.05) is 30.4 Å². The first kappa shape index (κ1) is 17.8. The molecule has 1 fully saturated rings. The lowest BCUT2D eigenvalue weighted by molar-refractivity contribution is -0.0507. The smallest absolute Gasteiger partial charge is 0.222 e. The van der Waals surface area contributed by atoms with Crippen LogP contribution in [0.25, 0.3) is 0 Å². The van der Waals surface area contributed by atoms with Gasteiger partial charge in [-0.2, -0.15) is 4.98 Å². The van der Waals surface area contributed by atoms with E-state index in [2.05, 4.69) is 21.0 Å². The van der Waals surface area contributed by atoms with Crippen molar-refractivity contribution in [3.63, 3.8) is 0 Å². The van der Waals surface area contributed by atoms with Gasteiger partial charge in [-0.1, -0.05) is 23.7 Å². The predicted molar refractivity (Wildman–Crippen MR) is 108 cm³/mol. The third-order valence-electron chi connectivity index (χ3n) is 5.49. The monoisotopic (exact) mass is 415 g/mol. The number of nitrogen functional groups attached to an aromatic ring is 1. The average molecular weight is 416 g/mol. The second-order valence-electron chi connectivity index (χ2n) is 7.40. The van der Waals surface area contributed by atoms with Crippen LogP contribution in [0.5, 0.6) is 0 Å². The molecule has 0 aliphatic carbocycles. The van der Waals surface area contributed by atoms with Gasteiger partial charge in [0.05, 0.1) is 24.8 Å². The van der Waals surface area contributed by atoms with Crippen LogP contribution in [0.15, 0.2) is 36.0 Å². The van der Waals surface area contributed by atoms with Crippen LogP contribution >= 0.6 is 22.9 Å². The fourth-order valence-electron chi connectivity index (χ4n) is 3.91. The maximum atomic E-state index is 11.2. The van der Waals surface area contributed by atoms with Crippen molar-refractivity contribution >= 4 is 40.4 Å². The summed E-state index contributed by atoms with van der Waals surface area (Å²) >= 11 is 7.82. The normalized spacial score (nSPS) is 19.3. The molecule has 0 bridgehead atoms. The summed E-state index contributed by atoms with van der Waals surface area (Å²) in [6.45, 7) is 3.71. The van der Waals surface area contributed by atoms with Gasteiger partial charge in [-0.05, 0) is 24.1 Å². The summed E-state index contributed by atoms with van der Waals surface area (Å²) in [4.78, 5) is 14.7. The highest BCUT2D eigenvalue weighted by Gasteiger charge is 2.50. The molecule has 7 nitrogen and oxygen atoms in total. The van der Waals surface area contributed by atoms with E-state index in [9.17, 15) is 5.11 Å². The van der Waals surface area contributed by atoms with Crippen LogP contribution in [0.4, 0.5) is 17.5 Å². The Hall–Kier alpha value is -2.26. The number of fused-ring (bicyclic) bond motifs is 2. The molecule has 0 saturated carbocycles. The Bertz CT molecular complexity index is 1050. The van der Waals surface area contributed by atoms with Crippen molar-refractivity contribution in [3.05, 3.63) is 57.1 Å². The highest BCUT2D eigenvalue weighted by molar-refractivity contribution is 7.09. The molecule has 0 radical (unpaired) electrons. The molecule has 0 amide bonds. The summed E-state index contributed by atoms with van der Waals surface area (Å²) in [6, 6.07) is 6.01. The zero-order valence-electron chi connectivity index (χ0n) is 15.1. The number of hydrogen-bond acceptors (Lipinski definition) is 8. The third kappa shape index (κ3) is 2.52. The van der Waals surface area contributed by atoms with E-state index < -0.39 is 5.60 Å². The van der Waals surface area contributed by atoms with Crippen LogP contribution in [0.3, 0.4) is 0 Å². The van der Waals surface area contributed by atoms with Crippen LogP contribution in [0, 0.1) is 0 Å². The lowest BCUT2D eigenvalue weighted by Crippen LogP contribution is -2.49. The van der Waals surface area contributed by atoms with Gasteiger partial charge in [-0.15, -0.1) is 11.3 Å². The number of rotatable bonds is 3. The maximum Gasteiger partial charge on any atom is 0.222 e. The van der Waals surface area contributed by atoms with Gasteiger partial charge in [0, 0.05) is 23.8 Å². The van der Waals surface area contributed by atoms with E-state index in [0.29, 0.717) is 35.6 Å². The van der Waals surface area contributed by atoms with Gasteiger partial charge in [0.1, 0.15) is 15.6 Å². The number of ether oxygens (including phenoxy) is 1. The van der Waals surface area contributed by atoms with Gasteiger partial charge < -0.3 is 20.5 Å². The second-order valence-corrected chi connectivity index (χ2v) is 8.70. The van der Waals surface area contributed by atoms with Gasteiger partial charge >= 0.3 is 0 Å². The minimum atomic E-state index is -1.20. The Morgan fingerprint density at radius 2 is 2.18 bits per heavy atom. The molecular weight excluding hydrogens is 398 g/mol. The quantitative estimate of drug-likeness (QED) is 0.678. The van der Waals surface area contributed by atoms with Crippen LogP contribution in [0.2, 0.25) is 5.02 Å². The summed E-state index contributed by atoms with van der Waals surface area (Å²) in [5, 5.41) is 14.1. The van der Waals surface area contributed by atoms with Crippen LogP contribution in [-0.4, -0.2) is 39.8 Å². The topological polar surface area (TPSA) is 97.4 Å². The molecule has 1 atom stereocenters. The number of anilines is 3. The van der Waals surface area contributed by atoms with Crippen molar-refractivity contribution in [1.82, 2.24) is 15.0 Å². The largest absolute Gasteiger partial charge is 0.379 e. The van der Waals surface area contributed by atoms with E-state index in [1.807, 2.05) is 22.4 Å². The molecule has 1 aromatic carbocycles. The van der Waals surface area contributed by atoms with Crippen molar-refractivity contribution in [2.45, 2.75) is 17.9 Å². The number of nitrogens with zero attached hydrogens (tertiary/aromatic N) is 4. The molecule has 4 heterocycles. The molecule has 2 aliphatic rings. The summed E-state index contributed by atoms with van der Waals surface area (Å²) in [7, 11) is 0. The molecule has 144 valence electrons. The molecule has 9 heteroatoms. The molecule has 1 spiro atoms. The molecular formula is C19H18ClN5O2S. The van der Waals surface area contributed by atoms with Crippen molar-refractivity contribution in [3.8, 4) is 0 Å².